The van der Waals surface area contributed by atoms with Crippen molar-refractivity contribution in [1.82, 2.24) is 0 Å². The van der Waals surface area contributed by atoms with Crippen molar-refractivity contribution in [2.45, 2.75) is 110 Å². The zero-order valence-corrected chi connectivity index (χ0v) is 18.6. The Morgan fingerprint density at radius 1 is 0.828 bits per heavy atom. The molecule has 0 spiro atoms. The van der Waals surface area contributed by atoms with E-state index in [1.165, 1.54) is 44.9 Å². The monoisotopic (exact) mass is 406 g/mol. The third kappa shape index (κ3) is 8.36. The first-order valence-electron chi connectivity index (χ1n) is 11.9. The Morgan fingerprint density at radius 2 is 1.34 bits per heavy atom. The summed E-state index contributed by atoms with van der Waals surface area (Å²) < 4.78 is 0. The average Bonchev–Trinajstić information content (AvgIpc) is 2.70. The van der Waals surface area contributed by atoms with Gasteiger partial charge >= 0.3 is 11.9 Å². The summed E-state index contributed by atoms with van der Waals surface area (Å²) in [5, 5.41) is 19.8. The number of aliphatic carboxylic acids is 2. The predicted molar refractivity (Wildman–Crippen MR) is 119 cm³/mol. The van der Waals surface area contributed by atoms with Gasteiger partial charge in [-0.05, 0) is 12.8 Å². The van der Waals surface area contributed by atoms with Gasteiger partial charge in [0.05, 0.1) is 5.41 Å². The molecule has 0 aromatic carbocycles. The van der Waals surface area contributed by atoms with E-state index < -0.39 is 23.3 Å². The number of carboxylic acids is 2. The van der Waals surface area contributed by atoms with Crippen molar-refractivity contribution in [2.24, 2.45) is 11.3 Å². The lowest BCUT2D eigenvalue weighted by Crippen LogP contribution is -2.41. The molecular formula is C25H42O4. The molecular weight excluding hydrogens is 364 g/mol. The van der Waals surface area contributed by atoms with Crippen LogP contribution in [0.15, 0.2) is 23.8 Å². The van der Waals surface area contributed by atoms with Gasteiger partial charge in [-0.15, -0.1) is 0 Å². The molecule has 2 unspecified atom stereocenters. The lowest BCUT2D eigenvalue weighted by Gasteiger charge is -2.37. The second-order valence-electron chi connectivity index (χ2n) is 8.61. The van der Waals surface area contributed by atoms with Crippen LogP contribution in [0.5, 0.6) is 0 Å². The first kappa shape index (κ1) is 25.5. The number of hydrogen-bond acceptors (Lipinski definition) is 2. The summed E-state index contributed by atoms with van der Waals surface area (Å²) in [6, 6.07) is 0. The molecule has 0 aromatic heterocycles. The average molecular weight is 407 g/mol. The fraction of sp³-hybridized carbons (Fsp3) is 0.760. The van der Waals surface area contributed by atoms with Crippen LogP contribution in [-0.4, -0.2) is 22.2 Å². The van der Waals surface area contributed by atoms with Gasteiger partial charge in [-0.2, -0.15) is 0 Å². The van der Waals surface area contributed by atoms with Crippen molar-refractivity contribution >= 4 is 11.9 Å². The lowest BCUT2D eigenvalue weighted by atomic mass is 9.64. The molecule has 2 atom stereocenters. The van der Waals surface area contributed by atoms with E-state index in [9.17, 15) is 19.8 Å². The molecule has 0 amide bonds. The number of carbonyl (C=O) groups is 2. The first-order chi connectivity index (χ1) is 14.0. The van der Waals surface area contributed by atoms with E-state index >= 15 is 0 Å². The van der Waals surface area contributed by atoms with Gasteiger partial charge in [-0.3, -0.25) is 4.79 Å². The van der Waals surface area contributed by atoms with E-state index in [1.807, 2.05) is 0 Å². The Bertz CT molecular complexity index is 549. The number of rotatable bonds is 17. The maximum atomic E-state index is 12.4. The van der Waals surface area contributed by atoms with Gasteiger partial charge in [0.2, 0.25) is 0 Å². The second-order valence-corrected chi connectivity index (χ2v) is 8.61. The van der Waals surface area contributed by atoms with Crippen molar-refractivity contribution in [3.63, 3.8) is 0 Å². The van der Waals surface area contributed by atoms with E-state index in [0.29, 0.717) is 12.8 Å². The van der Waals surface area contributed by atoms with Crippen molar-refractivity contribution < 1.29 is 19.8 Å². The summed E-state index contributed by atoms with van der Waals surface area (Å²) in [7, 11) is 0. The molecule has 1 aliphatic carbocycles. The zero-order chi connectivity index (χ0) is 21.5. The topological polar surface area (TPSA) is 74.6 Å². The second kappa shape index (κ2) is 14.4. The molecule has 0 aromatic rings. The van der Waals surface area contributed by atoms with Crippen molar-refractivity contribution in [3.05, 3.63) is 23.8 Å². The highest BCUT2D eigenvalue weighted by Gasteiger charge is 2.47. The SMILES string of the molecule is CCCCCCCCCC1C(C(=O)O)=CC=CC1(CCCCCCCC)C(=O)O. The van der Waals surface area contributed by atoms with E-state index in [-0.39, 0.29) is 5.57 Å². The number of carboxylic acid groups (broad SMARTS) is 2. The summed E-state index contributed by atoms with van der Waals surface area (Å²) in [5.41, 5.74) is -0.804. The Hall–Kier alpha value is -1.58. The largest absolute Gasteiger partial charge is 0.481 e. The van der Waals surface area contributed by atoms with Crippen molar-refractivity contribution in [1.29, 1.82) is 0 Å². The highest BCUT2D eigenvalue weighted by molar-refractivity contribution is 5.91. The maximum Gasteiger partial charge on any atom is 0.331 e. The van der Waals surface area contributed by atoms with Gasteiger partial charge in [0.15, 0.2) is 0 Å². The van der Waals surface area contributed by atoms with Crippen LogP contribution in [0.25, 0.3) is 0 Å². The Balaban J connectivity index is 2.73. The van der Waals surface area contributed by atoms with Crippen LogP contribution in [0, 0.1) is 11.3 Å². The van der Waals surface area contributed by atoms with Gasteiger partial charge in [-0.1, -0.05) is 116 Å². The molecule has 29 heavy (non-hydrogen) atoms. The molecule has 1 aliphatic rings. The van der Waals surface area contributed by atoms with Crippen LogP contribution < -0.4 is 0 Å². The highest BCUT2D eigenvalue weighted by Crippen LogP contribution is 2.45. The normalized spacial score (nSPS) is 21.2. The van der Waals surface area contributed by atoms with E-state index in [0.717, 1.165) is 38.5 Å². The molecule has 0 heterocycles. The minimum Gasteiger partial charge on any atom is -0.481 e. The standard InChI is InChI=1S/C25H42O4/c1-3-5-7-9-11-12-14-18-22-21(23(26)27)17-16-20-25(22,24(28)29)19-15-13-10-8-6-4-2/h16-17,20,22H,3-15,18-19H2,1-2H3,(H,26,27)(H,28,29). The maximum absolute atomic E-state index is 12.4. The fourth-order valence-corrected chi connectivity index (χ4v) is 4.55. The van der Waals surface area contributed by atoms with Crippen LogP contribution in [0.3, 0.4) is 0 Å². The van der Waals surface area contributed by atoms with Gasteiger partial charge in [0.25, 0.3) is 0 Å². The van der Waals surface area contributed by atoms with Crippen molar-refractivity contribution in [2.75, 3.05) is 0 Å². The summed E-state index contributed by atoms with van der Waals surface area (Å²) in [5.74, 6) is -2.29. The van der Waals surface area contributed by atoms with E-state index in [1.54, 1.807) is 18.2 Å². The summed E-state index contributed by atoms with van der Waals surface area (Å²) in [6.45, 7) is 4.38. The van der Waals surface area contributed by atoms with Gasteiger partial charge < -0.3 is 10.2 Å². The molecule has 4 nitrogen and oxygen atoms in total. The number of hydrogen-bond donors (Lipinski definition) is 2. The van der Waals surface area contributed by atoms with Gasteiger partial charge in [0, 0.05) is 11.5 Å². The van der Waals surface area contributed by atoms with Gasteiger partial charge in [-0.25, -0.2) is 4.79 Å². The molecule has 0 aliphatic heterocycles. The van der Waals surface area contributed by atoms with E-state index in [4.69, 9.17) is 0 Å². The summed E-state index contributed by atoms with van der Waals surface area (Å²) >= 11 is 0. The van der Waals surface area contributed by atoms with Crippen LogP contribution in [-0.2, 0) is 9.59 Å². The van der Waals surface area contributed by atoms with Crippen LogP contribution in [0.2, 0.25) is 0 Å². The van der Waals surface area contributed by atoms with Crippen LogP contribution in [0.4, 0.5) is 0 Å². The Kier molecular flexibility index (Phi) is 12.6. The minimum absolute atomic E-state index is 0.270. The number of unbranched alkanes of at least 4 members (excludes halogenated alkanes) is 11. The summed E-state index contributed by atoms with van der Waals surface area (Å²) in [6.07, 6.45) is 20.8. The lowest BCUT2D eigenvalue weighted by molar-refractivity contribution is -0.149. The molecule has 166 valence electrons. The van der Waals surface area contributed by atoms with E-state index in [2.05, 4.69) is 13.8 Å². The molecule has 0 fully saturated rings. The quantitative estimate of drug-likeness (QED) is 0.252. The molecule has 0 saturated carbocycles. The number of allylic oxidation sites excluding steroid dienone is 2. The molecule has 1 rings (SSSR count). The fourth-order valence-electron chi connectivity index (χ4n) is 4.55. The molecule has 4 heteroatoms. The van der Waals surface area contributed by atoms with Crippen LogP contribution in [0.1, 0.15) is 110 Å². The summed E-state index contributed by atoms with van der Waals surface area (Å²) in [4.78, 5) is 24.2. The first-order valence-corrected chi connectivity index (χ1v) is 11.9. The molecule has 0 radical (unpaired) electrons. The molecule has 0 bridgehead atoms. The Morgan fingerprint density at radius 3 is 1.86 bits per heavy atom. The van der Waals surface area contributed by atoms with Gasteiger partial charge in [0.1, 0.15) is 0 Å². The minimum atomic E-state index is -1.07. The smallest absolute Gasteiger partial charge is 0.331 e. The third-order valence-electron chi connectivity index (χ3n) is 6.35. The Labute approximate surface area is 177 Å². The molecule has 0 saturated heterocycles. The highest BCUT2D eigenvalue weighted by atomic mass is 16.4. The third-order valence-corrected chi connectivity index (χ3v) is 6.35. The van der Waals surface area contributed by atoms with Crippen molar-refractivity contribution in [3.8, 4) is 0 Å². The predicted octanol–water partition coefficient (Wildman–Crippen LogP) is 7.15. The molecule has 2 N–H and O–H groups in total. The zero-order valence-electron chi connectivity index (χ0n) is 18.6. The van der Waals surface area contributed by atoms with Crippen LogP contribution >= 0.6 is 0 Å².